The van der Waals surface area contributed by atoms with Crippen LogP contribution < -0.4 is 10.2 Å². The van der Waals surface area contributed by atoms with Crippen molar-refractivity contribution >= 4 is 79.7 Å². The number of carbonyl (C=O) groups is 1. The zero-order chi connectivity index (χ0) is 54.4. The Hall–Kier alpha value is -2.56. The summed E-state index contributed by atoms with van der Waals surface area (Å²) in [6, 6.07) is 13.2. The predicted molar refractivity (Wildman–Crippen MR) is 293 cm³/mol. The smallest absolute Gasteiger partial charge is 0.376 e. The molecule has 3 aliphatic heterocycles. The van der Waals surface area contributed by atoms with E-state index in [9.17, 15) is 23.4 Å². The third kappa shape index (κ3) is 20.1. The van der Waals surface area contributed by atoms with Crippen molar-refractivity contribution in [1.29, 1.82) is 0 Å². The van der Waals surface area contributed by atoms with E-state index in [1.165, 1.54) is 33.6 Å². The first-order valence-electron chi connectivity index (χ1n) is 23.9. The van der Waals surface area contributed by atoms with Crippen molar-refractivity contribution in [3.63, 3.8) is 0 Å². The number of ether oxygens (including phenoxy) is 3. The van der Waals surface area contributed by atoms with Gasteiger partial charge in [-0.05, 0) is 109 Å². The molecule has 3 unspecified atom stereocenters. The number of benzene rings is 2. The first kappa shape index (κ1) is 63.0. The molecule has 0 aliphatic carbocycles. The fraction of sp³-hybridized carbons (Fsp3) is 0.560. The number of fused-ring (bicyclic) bond motifs is 2. The van der Waals surface area contributed by atoms with E-state index in [2.05, 4.69) is 139 Å². The number of aryl methyl sites for hydroxylation is 2. The second kappa shape index (κ2) is 27.7. The minimum absolute atomic E-state index is 0.0867. The quantitative estimate of drug-likeness (QED) is 0.0155. The Morgan fingerprint density at radius 1 is 1.00 bits per heavy atom. The van der Waals surface area contributed by atoms with Crippen molar-refractivity contribution in [2.75, 3.05) is 43.7 Å². The summed E-state index contributed by atoms with van der Waals surface area (Å²) in [6.45, 7) is 24.7. The summed E-state index contributed by atoms with van der Waals surface area (Å²) >= 11 is 6.83. The van der Waals surface area contributed by atoms with Crippen molar-refractivity contribution in [1.82, 2.24) is 5.32 Å². The van der Waals surface area contributed by atoms with Gasteiger partial charge in [0.2, 0.25) is 5.91 Å². The number of phosphoric acid groups is 3. The molecule has 0 aromatic heterocycles. The lowest BCUT2D eigenvalue weighted by molar-refractivity contribution is -0.121. The first-order valence-corrected chi connectivity index (χ1v) is 31.2. The number of unbranched alkanes of at least 4 members (excludes halogenated alkanes) is 2. The highest BCUT2D eigenvalue weighted by Gasteiger charge is 2.43. The number of nitrogens with zero attached hydrogens (tertiary/aromatic N) is 2. The van der Waals surface area contributed by atoms with Gasteiger partial charge in [0.25, 0.3) is 0 Å². The Kier molecular flexibility index (Phi) is 23.9. The third-order valence-electron chi connectivity index (χ3n) is 11.9. The molecule has 17 nitrogen and oxygen atoms in total. The number of halogens is 1. The number of anilines is 1. The van der Waals surface area contributed by atoms with Crippen LogP contribution in [0.1, 0.15) is 117 Å². The Morgan fingerprint density at radius 3 is 2.36 bits per heavy atom. The van der Waals surface area contributed by atoms with E-state index in [1.54, 1.807) is 35.4 Å². The van der Waals surface area contributed by atoms with Crippen molar-refractivity contribution in [3.05, 3.63) is 93.7 Å². The lowest BCUT2D eigenvalue weighted by atomic mass is 9.81. The summed E-state index contributed by atoms with van der Waals surface area (Å²) in [4.78, 5) is 55.2. The van der Waals surface area contributed by atoms with Crippen LogP contribution >= 0.6 is 56.7 Å². The Labute approximate surface area is 444 Å². The zero-order valence-electron chi connectivity index (χ0n) is 43.6. The standard InChI is InChI=1S/C42H54ClN3O2S2.C8H19O12P3/c1-10-11-25-48-29-49-50-40(4,5)28-44-39(47)15-13-12-14-24-46-36-21-17-31(3)27-34(36)42(8,9)38(46)23-19-32(43)18-22-37-41(6,7)33-26-30(2)16-20-35(33)45-37;1-3-16-7-4-6(2)18-8(7)5-17-22(12,13)20-23(14,15)19-21(9,10)11/h16-23,26-27H,12-15,24-25,28-29H2,1-9H3,(H,44,47);6-8H,3-5H2,1-2H3,(H,12,13)(H,14,15)(H2,9,10,11)/b22-18+,32-19-,38-23+;/t;6-,7?,8+/m.0/s1. The maximum absolute atomic E-state index is 12.7. The van der Waals surface area contributed by atoms with E-state index in [1.807, 2.05) is 19.1 Å². The topological polar surface area (TPSA) is 232 Å². The van der Waals surface area contributed by atoms with Crippen LogP contribution in [0.4, 0.5) is 11.4 Å². The Bertz CT molecular complexity index is 2570. The van der Waals surface area contributed by atoms with Gasteiger partial charge in [0.05, 0.1) is 30.2 Å². The fourth-order valence-electron chi connectivity index (χ4n) is 8.28. The molecule has 23 heteroatoms. The molecule has 0 radical (unpaired) electrons. The van der Waals surface area contributed by atoms with Gasteiger partial charge in [-0.15, -0.1) is 5.92 Å². The van der Waals surface area contributed by atoms with E-state index < -0.39 is 42.3 Å². The summed E-state index contributed by atoms with van der Waals surface area (Å²) in [5.41, 5.74) is 9.26. The molecule has 5 N–H and O–H groups in total. The Morgan fingerprint density at radius 2 is 1.68 bits per heavy atom. The summed E-state index contributed by atoms with van der Waals surface area (Å²) in [5.74, 6) is 6.42. The Balaban J connectivity index is 0.000000420. The SMILES string of the molecule is CC#CCOCSSC(C)(C)CNC(=O)CCCCCN1/C(=C/C=C(Cl)/C=C/C2=Nc3ccc(C)cc3C2(C)C)C(C)(C)c2cc(C)ccc21.CCOC1C[C@H](C)O[C@@H]1COP(=O)(O)OP(=O)(O)OP(=O)(O)O. The minimum atomic E-state index is -5.51. The molecule has 0 spiro atoms. The van der Waals surface area contributed by atoms with Gasteiger partial charge in [-0.1, -0.05) is 109 Å². The number of rotatable bonds is 25. The monoisotopic (exact) mass is 1130 g/mol. The van der Waals surface area contributed by atoms with Gasteiger partial charge >= 0.3 is 23.5 Å². The molecule has 73 heavy (non-hydrogen) atoms. The molecule has 2 aromatic rings. The molecule has 1 fully saturated rings. The second-order valence-corrected chi connectivity index (χ2v) is 27.2. The van der Waals surface area contributed by atoms with Gasteiger partial charge < -0.3 is 44.0 Å². The van der Waals surface area contributed by atoms with Crippen LogP contribution in [0.15, 0.2) is 76.4 Å². The van der Waals surface area contributed by atoms with Crippen molar-refractivity contribution in [3.8, 4) is 11.8 Å². The maximum Gasteiger partial charge on any atom is 0.490 e. The molecule has 0 saturated carbocycles. The van der Waals surface area contributed by atoms with Gasteiger partial charge in [0, 0.05) is 64.5 Å². The average Bonchev–Trinajstić information content (AvgIpc) is 3.83. The van der Waals surface area contributed by atoms with E-state index >= 15 is 0 Å². The van der Waals surface area contributed by atoms with Crippen molar-refractivity contribution in [2.24, 2.45) is 4.99 Å². The number of amides is 1. The molecule has 5 rings (SSSR count). The molecule has 0 bridgehead atoms. The number of hydrogen-bond acceptors (Lipinski definition) is 14. The van der Waals surface area contributed by atoms with E-state index in [-0.39, 0.29) is 27.6 Å². The molecule has 3 heterocycles. The summed E-state index contributed by atoms with van der Waals surface area (Å²) < 4.78 is 61.1. The molecular weight excluding hydrogens is 1060 g/mol. The third-order valence-corrected chi connectivity index (χ3v) is 18.9. The summed E-state index contributed by atoms with van der Waals surface area (Å²) in [7, 11) is -12.7. The molecule has 5 atom stereocenters. The van der Waals surface area contributed by atoms with Crippen LogP contribution in [0, 0.1) is 25.7 Å². The average molecular weight is 1130 g/mol. The lowest BCUT2D eigenvalue weighted by Crippen LogP contribution is -2.35. The number of allylic oxidation sites excluding steroid dienone is 6. The van der Waals surface area contributed by atoms with Crippen LogP contribution in [-0.2, 0) is 56.7 Å². The van der Waals surface area contributed by atoms with Gasteiger partial charge in [-0.25, -0.2) is 13.7 Å². The van der Waals surface area contributed by atoms with Gasteiger partial charge in [0.15, 0.2) is 0 Å². The van der Waals surface area contributed by atoms with Gasteiger partial charge in [-0.2, -0.15) is 8.62 Å². The molecule has 1 amide bonds. The van der Waals surface area contributed by atoms with Crippen molar-refractivity contribution < 1.29 is 65.4 Å². The van der Waals surface area contributed by atoms with Crippen LogP contribution in [0.25, 0.3) is 0 Å². The largest absolute Gasteiger partial charge is 0.490 e. The molecule has 406 valence electrons. The fourth-order valence-corrected chi connectivity index (χ4v) is 13.6. The highest BCUT2D eigenvalue weighted by Crippen LogP contribution is 2.66. The minimum Gasteiger partial charge on any atom is -0.376 e. The summed E-state index contributed by atoms with van der Waals surface area (Å²) in [6.07, 6.45) is 10.8. The van der Waals surface area contributed by atoms with Crippen LogP contribution in [0.2, 0.25) is 0 Å². The highest BCUT2D eigenvalue weighted by molar-refractivity contribution is 8.77. The molecular formula is C50H73ClN3O14P3S2. The number of hydrogen-bond donors (Lipinski definition) is 5. The number of nitrogens with one attached hydrogen (secondary N) is 1. The lowest BCUT2D eigenvalue weighted by Gasteiger charge is -2.27. The van der Waals surface area contributed by atoms with E-state index in [4.69, 9.17) is 45.5 Å². The van der Waals surface area contributed by atoms with E-state index in [0.717, 1.165) is 37.2 Å². The van der Waals surface area contributed by atoms with Crippen LogP contribution in [0.3, 0.4) is 0 Å². The second-order valence-electron chi connectivity index (χ2n) is 19.4. The molecule has 3 aliphatic rings. The number of aliphatic imine (C=N–C) groups is 1. The first-order chi connectivity index (χ1) is 34.0. The zero-order valence-corrected chi connectivity index (χ0v) is 48.7. The normalized spacial score (nSPS) is 21.4. The summed E-state index contributed by atoms with van der Waals surface area (Å²) in [5, 5.41) is 3.79. The van der Waals surface area contributed by atoms with E-state index in [0.29, 0.717) is 43.6 Å². The maximum atomic E-state index is 12.7. The highest BCUT2D eigenvalue weighted by atomic mass is 35.5. The number of carbonyl (C=O) groups excluding carboxylic acids is 1. The van der Waals surface area contributed by atoms with Gasteiger partial charge in [-0.3, -0.25) is 14.3 Å². The predicted octanol–water partition coefficient (Wildman–Crippen LogP) is 11.8. The van der Waals surface area contributed by atoms with Crippen LogP contribution in [-0.4, -0.2) is 93.1 Å². The molecule has 2 aromatic carbocycles. The van der Waals surface area contributed by atoms with Crippen molar-refractivity contribution in [2.45, 2.75) is 142 Å². The number of phosphoric ester groups is 1. The van der Waals surface area contributed by atoms with Gasteiger partial charge in [0.1, 0.15) is 18.6 Å². The van der Waals surface area contributed by atoms with Crippen LogP contribution in [0.5, 0.6) is 0 Å². The molecule has 1 saturated heterocycles.